The van der Waals surface area contributed by atoms with Gasteiger partial charge in [0.2, 0.25) is 0 Å². The summed E-state index contributed by atoms with van der Waals surface area (Å²) in [6.07, 6.45) is 0. The minimum Gasteiger partial charge on any atom is -0.377 e. The van der Waals surface area contributed by atoms with Crippen LogP contribution >= 0.6 is 0 Å². The largest absolute Gasteiger partial charge is 0.377 e. The van der Waals surface area contributed by atoms with Crippen LogP contribution in [0.1, 0.15) is 15.9 Å². The Kier molecular flexibility index (Phi) is 3.90. The summed E-state index contributed by atoms with van der Waals surface area (Å²) in [7, 11) is 0. The van der Waals surface area contributed by atoms with Crippen LogP contribution in [0.3, 0.4) is 0 Å². The molecule has 2 aromatic rings. The van der Waals surface area contributed by atoms with Gasteiger partial charge in [-0.1, -0.05) is 6.07 Å². The highest BCUT2D eigenvalue weighted by molar-refractivity contribution is 5.99. The average molecular weight is 261 g/mol. The highest BCUT2D eigenvalue weighted by Crippen LogP contribution is 2.12. The Morgan fingerprint density at radius 3 is 2.63 bits per heavy atom. The number of carbonyl (C=O) groups is 1. The molecule has 0 fully saturated rings. The van der Waals surface area contributed by atoms with Gasteiger partial charge in [0.05, 0.1) is 6.54 Å². The normalized spacial score (nSPS) is 10.3. The molecule has 0 aliphatic rings. The number of hydrogen-bond acceptors (Lipinski definition) is 2. The van der Waals surface area contributed by atoms with Gasteiger partial charge in [-0.25, -0.2) is 8.78 Å². The highest BCUT2D eigenvalue weighted by Gasteiger charge is 2.07. The highest BCUT2D eigenvalue weighted by atomic mass is 19.1. The van der Waals surface area contributed by atoms with Crippen molar-refractivity contribution in [2.24, 2.45) is 0 Å². The van der Waals surface area contributed by atoms with E-state index in [4.69, 9.17) is 0 Å². The Hall–Kier alpha value is -2.23. The van der Waals surface area contributed by atoms with E-state index in [1.54, 1.807) is 19.1 Å². The predicted molar refractivity (Wildman–Crippen MR) is 70.4 cm³/mol. The Labute approximate surface area is 110 Å². The van der Waals surface area contributed by atoms with Gasteiger partial charge in [-0.05, 0) is 48.9 Å². The minimum atomic E-state index is -0.366. The van der Waals surface area contributed by atoms with Crippen LogP contribution in [0.5, 0.6) is 0 Å². The van der Waals surface area contributed by atoms with Crippen LogP contribution in [0.4, 0.5) is 14.5 Å². The van der Waals surface area contributed by atoms with Crippen molar-refractivity contribution in [3.63, 3.8) is 0 Å². The number of Topliss-reactive ketones (excluding diaryl/α,β-unsaturated/α-hetero) is 1. The zero-order chi connectivity index (χ0) is 13.8. The first-order chi connectivity index (χ1) is 9.06. The first kappa shape index (κ1) is 13.2. The molecule has 2 nitrogen and oxygen atoms in total. The zero-order valence-electron chi connectivity index (χ0n) is 10.4. The van der Waals surface area contributed by atoms with Crippen molar-refractivity contribution in [3.05, 3.63) is 65.2 Å². The molecular formula is C15H13F2NO. The average Bonchev–Trinajstić information content (AvgIpc) is 2.39. The third-order valence-electron chi connectivity index (χ3n) is 2.76. The molecule has 0 bridgehead atoms. The van der Waals surface area contributed by atoms with Crippen molar-refractivity contribution >= 4 is 11.5 Å². The lowest BCUT2D eigenvalue weighted by Crippen LogP contribution is -2.14. The smallest absolute Gasteiger partial charge is 0.181 e. The molecule has 0 heterocycles. The number of rotatable bonds is 4. The molecule has 98 valence electrons. The standard InChI is InChI=1S/C15H13F2NO/c1-10-7-11(5-6-14(10)17)15(19)9-18-13-4-2-3-12(16)8-13/h2-8,18H,9H2,1H3. The fourth-order valence-corrected chi connectivity index (χ4v) is 1.70. The molecule has 19 heavy (non-hydrogen) atoms. The number of halogens is 2. The van der Waals surface area contributed by atoms with E-state index in [-0.39, 0.29) is 24.0 Å². The number of benzene rings is 2. The fourth-order valence-electron chi connectivity index (χ4n) is 1.70. The molecule has 0 atom stereocenters. The minimum absolute atomic E-state index is 0.0362. The monoisotopic (exact) mass is 261 g/mol. The fraction of sp³-hybridized carbons (Fsp3) is 0.133. The lowest BCUT2D eigenvalue weighted by atomic mass is 10.1. The van der Waals surface area contributed by atoms with Gasteiger partial charge in [-0.3, -0.25) is 4.79 Å². The lowest BCUT2D eigenvalue weighted by molar-refractivity contribution is 0.101. The first-order valence-corrected chi connectivity index (χ1v) is 5.85. The number of aryl methyl sites for hydroxylation is 1. The molecule has 2 rings (SSSR count). The molecule has 0 radical (unpaired) electrons. The summed E-state index contributed by atoms with van der Waals surface area (Å²) in [6.45, 7) is 1.64. The Bertz CT molecular complexity index is 611. The predicted octanol–water partition coefficient (Wildman–Crippen LogP) is 3.57. The second-order valence-electron chi connectivity index (χ2n) is 4.25. The molecule has 0 saturated heterocycles. The van der Waals surface area contributed by atoms with Gasteiger partial charge in [0, 0.05) is 11.3 Å². The zero-order valence-corrected chi connectivity index (χ0v) is 10.4. The van der Waals surface area contributed by atoms with E-state index in [2.05, 4.69) is 5.32 Å². The second kappa shape index (κ2) is 5.61. The molecule has 1 N–H and O–H groups in total. The Morgan fingerprint density at radius 2 is 1.95 bits per heavy atom. The van der Waals surface area contributed by atoms with Crippen LogP contribution in [-0.4, -0.2) is 12.3 Å². The number of ketones is 1. The maximum absolute atomic E-state index is 13.1. The molecular weight excluding hydrogens is 248 g/mol. The molecule has 0 amide bonds. The summed E-state index contributed by atoms with van der Waals surface area (Å²) >= 11 is 0. The molecule has 0 saturated carbocycles. The molecule has 0 aliphatic carbocycles. The summed E-state index contributed by atoms with van der Waals surface area (Å²) < 4.78 is 26.0. The van der Waals surface area contributed by atoms with Crippen LogP contribution in [0.15, 0.2) is 42.5 Å². The third kappa shape index (κ3) is 3.37. The molecule has 0 unspecified atom stereocenters. The Morgan fingerprint density at radius 1 is 1.16 bits per heavy atom. The van der Waals surface area contributed by atoms with Gasteiger partial charge >= 0.3 is 0 Å². The number of hydrogen-bond donors (Lipinski definition) is 1. The molecule has 4 heteroatoms. The van der Waals surface area contributed by atoms with Crippen molar-refractivity contribution in [3.8, 4) is 0 Å². The van der Waals surface area contributed by atoms with Gasteiger partial charge in [0.15, 0.2) is 5.78 Å². The SMILES string of the molecule is Cc1cc(C(=O)CNc2cccc(F)c2)ccc1F. The lowest BCUT2D eigenvalue weighted by Gasteiger charge is -2.06. The number of nitrogens with one attached hydrogen (secondary N) is 1. The van der Waals surface area contributed by atoms with E-state index in [1.165, 1.54) is 30.3 Å². The van der Waals surface area contributed by atoms with Gasteiger partial charge in [0.25, 0.3) is 0 Å². The van der Waals surface area contributed by atoms with Gasteiger partial charge < -0.3 is 5.32 Å². The van der Waals surface area contributed by atoms with Gasteiger partial charge in [-0.15, -0.1) is 0 Å². The maximum Gasteiger partial charge on any atom is 0.181 e. The summed E-state index contributed by atoms with van der Waals surface area (Å²) in [4.78, 5) is 11.9. The van der Waals surface area contributed by atoms with E-state index >= 15 is 0 Å². The van der Waals surface area contributed by atoms with Crippen molar-refractivity contribution in [1.29, 1.82) is 0 Å². The number of carbonyl (C=O) groups excluding carboxylic acids is 1. The van der Waals surface area contributed by atoms with E-state index in [0.29, 0.717) is 16.8 Å². The second-order valence-corrected chi connectivity index (χ2v) is 4.25. The third-order valence-corrected chi connectivity index (χ3v) is 2.76. The van der Waals surface area contributed by atoms with E-state index in [1.807, 2.05) is 0 Å². The van der Waals surface area contributed by atoms with Crippen LogP contribution in [0.2, 0.25) is 0 Å². The topological polar surface area (TPSA) is 29.1 Å². The summed E-state index contributed by atoms with van der Waals surface area (Å²) in [5.74, 6) is -0.878. The Balaban J connectivity index is 2.03. The summed E-state index contributed by atoms with van der Waals surface area (Å²) in [5, 5.41) is 2.83. The maximum atomic E-state index is 13.1. The van der Waals surface area contributed by atoms with Crippen LogP contribution in [-0.2, 0) is 0 Å². The van der Waals surface area contributed by atoms with Gasteiger partial charge in [0.1, 0.15) is 11.6 Å². The van der Waals surface area contributed by atoms with Crippen molar-refractivity contribution in [2.75, 3.05) is 11.9 Å². The van der Waals surface area contributed by atoms with Crippen LogP contribution in [0.25, 0.3) is 0 Å². The van der Waals surface area contributed by atoms with Crippen molar-refractivity contribution < 1.29 is 13.6 Å². The van der Waals surface area contributed by atoms with E-state index in [0.717, 1.165) is 0 Å². The summed E-state index contributed by atoms with van der Waals surface area (Å²) in [5.41, 5.74) is 1.39. The molecule has 0 aliphatic heterocycles. The van der Waals surface area contributed by atoms with Crippen molar-refractivity contribution in [2.45, 2.75) is 6.92 Å². The first-order valence-electron chi connectivity index (χ1n) is 5.85. The quantitative estimate of drug-likeness (QED) is 0.852. The summed E-state index contributed by atoms with van der Waals surface area (Å²) in [6, 6.07) is 10.1. The van der Waals surface area contributed by atoms with Crippen LogP contribution < -0.4 is 5.32 Å². The molecule has 0 aromatic heterocycles. The van der Waals surface area contributed by atoms with Crippen molar-refractivity contribution in [1.82, 2.24) is 0 Å². The van der Waals surface area contributed by atoms with E-state index < -0.39 is 0 Å². The molecule has 2 aromatic carbocycles. The van der Waals surface area contributed by atoms with Crippen LogP contribution in [0, 0.1) is 18.6 Å². The van der Waals surface area contributed by atoms with Gasteiger partial charge in [-0.2, -0.15) is 0 Å². The van der Waals surface area contributed by atoms with E-state index in [9.17, 15) is 13.6 Å². The molecule has 0 spiro atoms. The number of anilines is 1.